The molecule has 4 heteroatoms. The highest BCUT2D eigenvalue weighted by molar-refractivity contribution is 5.80. The maximum atomic E-state index is 10.3. The van der Waals surface area contributed by atoms with E-state index in [1.807, 2.05) is 18.2 Å². The minimum absolute atomic E-state index is 0.671. The molecule has 0 saturated heterocycles. The number of ether oxygens (including phenoxy) is 2. The van der Waals surface area contributed by atoms with Gasteiger partial charge in [0, 0.05) is 6.08 Å². The van der Waals surface area contributed by atoms with Crippen molar-refractivity contribution in [2.45, 2.75) is 0 Å². The second-order valence-corrected chi connectivity index (χ2v) is 3.13. The second-order valence-electron chi connectivity index (χ2n) is 3.13. The summed E-state index contributed by atoms with van der Waals surface area (Å²) in [6.45, 7) is 0. The third kappa shape index (κ3) is 3.68. The third-order valence-corrected chi connectivity index (χ3v) is 2.08. The highest BCUT2D eigenvalue weighted by Crippen LogP contribution is 2.29. The summed E-state index contributed by atoms with van der Waals surface area (Å²) in [4.78, 5) is 10.3. The molecule has 90 valence electrons. The Bertz CT molecular complexity index is 424. The first kappa shape index (κ1) is 12.8. The highest BCUT2D eigenvalue weighted by Gasteiger charge is 2.05. The van der Waals surface area contributed by atoms with Crippen molar-refractivity contribution in [2.75, 3.05) is 14.2 Å². The Balaban J connectivity index is 2.99. The number of carboxylic acid groups (broad SMARTS) is 1. The van der Waals surface area contributed by atoms with Crippen LogP contribution in [0.2, 0.25) is 0 Å². The maximum Gasteiger partial charge on any atom is 0.328 e. The van der Waals surface area contributed by atoms with Crippen molar-refractivity contribution >= 4 is 12.0 Å². The zero-order valence-corrected chi connectivity index (χ0v) is 9.71. The van der Waals surface area contributed by atoms with Crippen LogP contribution in [0.5, 0.6) is 11.5 Å². The molecule has 0 heterocycles. The van der Waals surface area contributed by atoms with E-state index in [-0.39, 0.29) is 0 Å². The van der Waals surface area contributed by atoms with Gasteiger partial charge in [-0.25, -0.2) is 4.79 Å². The first-order chi connectivity index (χ1) is 8.19. The summed E-state index contributed by atoms with van der Waals surface area (Å²) in [7, 11) is 3.14. The molecular weight excluding hydrogens is 220 g/mol. The van der Waals surface area contributed by atoms with Crippen LogP contribution in [0, 0.1) is 0 Å². The number of rotatable bonds is 5. The minimum Gasteiger partial charge on any atom is -0.496 e. The van der Waals surface area contributed by atoms with Crippen molar-refractivity contribution in [1.29, 1.82) is 0 Å². The Hall–Kier alpha value is -2.23. The molecule has 17 heavy (non-hydrogen) atoms. The van der Waals surface area contributed by atoms with Gasteiger partial charge in [-0.2, -0.15) is 0 Å². The average molecular weight is 234 g/mol. The Labute approximate surface area is 99.8 Å². The first-order valence-electron chi connectivity index (χ1n) is 4.97. The fraction of sp³-hybridized carbons (Fsp3) is 0.154. The van der Waals surface area contributed by atoms with Crippen LogP contribution < -0.4 is 9.47 Å². The number of carbonyl (C=O) groups is 1. The number of hydrogen-bond acceptors (Lipinski definition) is 3. The van der Waals surface area contributed by atoms with Crippen LogP contribution in [0.25, 0.3) is 6.08 Å². The Morgan fingerprint density at radius 2 is 1.76 bits per heavy atom. The monoisotopic (exact) mass is 234 g/mol. The van der Waals surface area contributed by atoms with Gasteiger partial charge in [0.1, 0.15) is 11.5 Å². The van der Waals surface area contributed by atoms with Gasteiger partial charge < -0.3 is 14.6 Å². The predicted molar refractivity (Wildman–Crippen MR) is 65.4 cm³/mol. The average Bonchev–Trinajstić information content (AvgIpc) is 2.34. The molecule has 1 aromatic carbocycles. The van der Waals surface area contributed by atoms with Gasteiger partial charge in [0.25, 0.3) is 0 Å². The van der Waals surface area contributed by atoms with Crippen LogP contribution in [-0.4, -0.2) is 25.3 Å². The van der Waals surface area contributed by atoms with Crippen LogP contribution in [0.1, 0.15) is 5.56 Å². The zero-order valence-electron chi connectivity index (χ0n) is 9.71. The lowest BCUT2D eigenvalue weighted by atomic mass is 10.1. The molecule has 0 unspecified atom stereocenters. The summed E-state index contributed by atoms with van der Waals surface area (Å²) >= 11 is 0. The van der Waals surface area contributed by atoms with Gasteiger partial charge in [-0.1, -0.05) is 18.2 Å². The topological polar surface area (TPSA) is 55.8 Å². The number of methoxy groups -OCH3 is 2. The molecule has 0 aromatic heterocycles. The molecule has 4 nitrogen and oxygen atoms in total. The van der Waals surface area contributed by atoms with Crippen molar-refractivity contribution in [3.8, 4) is 11.5 Å². The predicted octanol–water partition coefficient (Wildman–Crippen LogP) is 2.36. The molecule has 0 spiro atoms. The van der Waals surface area contributed by atoms with Gasteiger partial charge in [-0.15, -0.1) is 0 Å². The standard InChI is InChI=1S/C13H14O4/c1-16-11-7-5-8-12(17-2)10(11)6-3-4-9-13(14)15/h3-9H,1-2H3,(H,14,15)/b6-3+,9-4+. The summed E-state index contributed by atoms with van der Waals surface area (Å²) in [5.74, 6) is 0.357. The van der Waals surface area contributed by atoms with Crippen molar-refractivity contribution in [3.63, 3.8) is 0 Å². The zero-order chi connectivity index (χ0) is 12.7. The smallest absolute Gasteiger partial charge is 0.328 e. The highest BCUT2D eigenvalue weighted by atomic mass is 16.5. The molecular formula is C13H14O4. The largest absolute Gasteiger partial charge is 0.496 e. The van der Waals surface area contributed by atoms with E-state index >= 15 is 0 Å². The molecule has 0 atom stereocenters. The molecule has 0 radical (unpaired) electrons. The lowest BCUT2D eigenvalue weighted by Gasteiger charge is -2.09. The Morgan fingerprint density at radius 3 is 2.24 bits per heavy atom. The molecule has 0 saturated carbocycles. The molecule has 0 aliphatic carbocycles. The van der Waals surface area contributed by atoms with Crippen molar-refractivity contribution in [3.05, 3.63) is 42.0 Å². The van der Waals surface area contributed by atoms with E-state index in [0.29, 0.717) is 11.5 Å². The normalized spacial score (nSPS) is 10.9. The van der Waals surface area contributed by atoms with Gasteiger partial charge in [-0.05, 0) is 18.2 Å². The number of hydrogen-bond donors (Lipinski definition) is 1. The molecule has 0 fully saturated rings. The summed E-state index contributed by atoms with van der Waals surface area (Å²) in [6.07, 6.45) is 5.85. The maximum absolute atomic E-state index is 10.3. The lowest BCUT2D eigenvalue weighted by Crippen LogP contribution is -1.91. The summed E-state index contributed by atoms with van der Waals surface area (Å²) in [5, 5.41) is 8.44. The third-order valence-electron chi connectivity index (χ3n) is 2.08. The minimum atomic E-state index is -0.985. The van der Waals surface area contributed by atoms with Crippen LogP contribution in [0.15, 0.2) is 36.4 Å². The molecule has 1 N–H and O–H groups in total. The number of allylic oxidation sites excluding steroid dienone is 2. The SMILES string of the molecule is COc1cccc(OC)c1/C=C/C=C/C(=O)O. The van der Waals surface area contributed by atoms with Crippen LogP contribution in [0.4, 0.5) is 0 Å². The van der Waals surface area contributed by atoms with Gasteiger partial charge in [0.05, 0.1) is 19.8 Å². The second kappa shape index (κ2) is 6.37. The molecule has 0 aliphatic heterocycles. The van der Waals surface area contributed by atoms with Crippen molar-refractivity contribution < 1.29 is 19.4 Å². The van der Waals surface area contributed by atoms with Crippen LogP contribution in [0.3, 0.4) is 0 Å². The number of aliphatic carboxylic acids is 1. The molecule has 1 aromatic rings. The summed E-state index contributed by atoms with van der Waals surface area (Å²) in [6, 6.07) is 5.44. The molecule has 0 aliphatic rings. The van der Waals surface area contributed by atoms with Gasteiger partial charge in [0.15, 0.2) is 0 Å². The van der Waals surface area contributed by atoms with Crippen LogP contribution in [-0.2, 0) is 4.79 Å². The summed E-state index contributed by atoms with van der Waals surface area (Å²) < 4.78 is 10.4. The quantitative estimate of drug-likeness (QED) is 0.627. The van der Waals surface area contributed by atoms with Gasteiger partial charge in [0.2, 0.25) is 0 Å². The van der Waals surface area contributed by atoms with Gasteiger partial charge in [-0.3, -0.25) is 0 Å². The Kier molecular flexibility index (Phi) is 4.81. The van der Waals surface area contributed by atoms with E-state index in [2.05, 4.69) is 0 Å². The molecule has 1 rings (SSSR count). The van der Waals surface area contributed by atoms with E-state index in [1.165, 1.54) is 6.08 Å². The van der Waals surface area contributed by atoms with Gasteiger partial charge >= 0.3 is 5.97 Å². The van der Waals surface area contributed by atoms with Crippen molar-refractivity contribution in [2.24, 2.45) is 0 Å². The molecule has 0 amide bonds. The summed E-state index contributed by atoms with van der Waals surface area (Å²) in [5.41, 5.74) is 0.771. The Morgan fingerprint density at radius 1 is 1.18 bits per heavy atom. The van der Waals surface area contributed by atoms with Crippen LogP contribution >= 0.6 is 0 Å². The lowest BCUT2D eigenvalue weighted by molar-refractivity contribution is -0.131. The fourth-order valence-corrected chi connectivity index (χ4v) is 1.33. The van der Waals surface area contributed by atoms with E-state index < -0.39 is 5.97 Å². The fourth-order valence-electron chi connectivity index (χ4n) is 1.33. The van der Waals surface area contributed by atoms with E-state index in [4.69, 9.17) is 14.6 Å². The number of carboxylic acids is 1. The van der Waals surface area contributed by atoms with Crippen molar-refractivity contribution in [1.82, 2.24) is 0 Å². The van der Waals surface area contributed by atoms with E-state index in [1.54, 1.807) is 26.4 Å². The number of benzene rings is 1. The van der Waals surface area contributed by atoms with E-state index in [0.717, 1.165) is 11.6 Å². The first-order valence-corrected chi connectivity index (χ1v) is 4.97. The molecule has 0 bridgehead atoms. The van der Waals surface area contributed by atoms with E-state index in [9.17, 15) is 4.79 Å².